The van der Waals surface area contributed by atoms with Crippen molar-refractivity contribution in [1.29, 1.82) is 0 Å². The normalized spacial score (nSPS) is 10.8. The highest BCUT2D eigenvalue weighted by Crippen LogP contribution is 2.21. The first-order valence-corrected chi connectivity index (χ1v) is 8.09. The van der Waals surface area contributed by atoms with Crippen molar-refractivity contribution >= 4 is 5.69 Å². The molecule has 0 aliphatic rings. The zero-order chi connectivity index (χ0) is 14.6. The number of pyridine rings is 1. The van der Waals surface area contributed by atoms with Crippen LogP contribution >= 0.6 is 0 Å². The molecule has 1 N–H and O–H groups in total. The molecule has 0 saturated carbocycles. The van der Waals surface area contributed by atoms with E-state index < -0.39 is 0 Å². The minimum atomic E-state index is 0.156. The average molecular weight is 278 g/mol. The van der Waals surface area contributed by atoms with Crippen molar-refractivity contribution in [3.63, 3.8) is 0 Å². The molecule has 0 fully saturated rings. The number of nitrogens with zero attached hydrogens (tertiary/aromatic N) is 1. The maximum atomic E-state index is 5.69. The Labute approximate surface area is 124 Å². The highest BCUT2D eigenvalue weighted by atomic mass is 16.5. The first-order valence-electron chi connectivity index (χ1n) is 8.09. The number of hydrogen-bond donors (Lipinski definition) is 1. The van der Waals surface area contributed by atoms with Crippen LogP contribution in [0.4, 0.5) is 5.69 Å². The largest absolute Gasteiger partial charge is 0.473 e. The minimum Gasteiger partial charge on any atom is -0.473 e. The van der Waals surface area contributed by atoms with E-state index in [0.717, 1.165) is 12.2 Å². The third-order valence-electron chi connectivity index (χ3n) is 3.21. The third-order valence-corrected chi connectivity index (χ3v) is 3.21. The zero-order valence-corrected chi connectivity index (χ0v) is 13.3. The highest BCUT2D eigenvalue weighted by molar-refractivity contribution is 5.51. The SMILES string of the molecule is CCCCCCCCCNc1cccnc1OC(C)C. The summed E-state index contributed by atoms with van der Waals surface area (Å²) in [6.07, 6.45) is 11.3. The molecule has 0 aliphatic carbocycles. The van der Waals surface area contributed by atoms with Crippen molar-refractivity contribution in [2.24, 2.45) is 0 Å². The first-order chi connectivity index (χ1) is 9.74. The smallest absolute Gasteiger partial charge is 0.237 e. The van der Waals surface area contributed by atoms with Crippen LogP contribution < -0.4 is 10.1 Å². The van der Waals surface area contributed by atoms with E-state index in [-0.39, 0.29) is 6.10 Å². The zero-order valence-electron chi connectivity index (χ0n) is 13.3. The van der Waals surface area contributed by atoms with Crippen molar-refractivity contribution in [2.45, 2.75) is 71.8 Å². The second-order valence-corrected chi connectivity index (χ2v) is 5.57. The van der Waals surface area contributed by atoms with Crippen LogP contribution in [0, 0.1) is 0 Å². The monoisotopic (exact) mass is 278 g/mol. The summed E-state index contributed by atoms with van der Waals surface area (Å²) in [6.45, 7) is 7.30. The van der Waals surface area contributed by atoms with Crippen LogP contribution in [0.25, 0.3) is 0 Å². The van der Waals surface area contributed by atoms with Gasteiger partial charge in [0.25, 0.3) is 0 Å². The summed E-state index contributed by atoms with van der Waals surface area (Å²) in [5, 5.41) is 3.43. The van der Waals surface area contributed by atoms with Gasteiger partial charge in [-0.1, -0.05) is 45.4 Å². The van der Waals surface area contributed by atoms with Crippen molar-refractivity contribution < 1.29 is 4.74 Å². The van der Waals surface area contributed by atoms with E-state index >= 15 is 0 Å². The fraction of sp³-hybridized carbons (Fsp3) is 0.706. The molecule has 3 nitrogen and oxygen atoms in total. The van der Waals surface area contributed by atoms with E-state index in [4.69, 9.17) is 4.74 Å². The molecule has 0 spiro atoms. The van der Waals surface area contributed by atoms with E-state index in [1.165, 1.54) is 44.9 Å². The lowest BCUT2D eigenvalue weighted by Gasteiger charge is -2.14. The molecule has 0 radical (unpaired) electrons. The van der Waals surface area contributed by atoms with Gasteiger partial charge in [-0.2, -0.15) is 0 Å². The number of unbranched alkanes of at least 4 members (excludes halogenated alkanes) is 6. The second-order valence-electron chi connectivity index (χ2n) is 5.57. The molecule has 3 heteroatoms. The summed E-state index contributed by atoms with van der Waals surface area (Å²) < 4.78 is 5.69. The van der Waals surface area contributed by atoms with Gasteiger partial charge >= 0.3 is 0 Å². The van der Waals surface area contributed by atoms with Crippen LogP contribution in [0.15, 0.2) is 18.3 Å². The number of anilines is 1. The lowest BCUT2D eigenvalue weighted by atomic mass is 10.1. The first kappa shape index (κ1) is 16.8. The molecule has 1 heterocycles. The molecule has 0 aromatic carbocycles. The van der Waals surface area contributed by atoms with Crippen molar-refractivity contribution in [2.75, 3.05) is 11.9 Å². The molecule has 0 unspecified atom stereocenters. The van der Waals surface area contributed by atoms with Gasteiger partial charge in [0.15, 0.2) is 0 Å². The number of hydrogen-bond acceptors (Lipinski definition) is 3. The maximum absolute atomic E-state index is 5.69. The Morgan fingerprint density at radius 1 is 1.10 bits per heavy atom. The average Bonchev–Trinajstić information content (AvgIpc) is 2.43. The molecule has 114 valence electrons. The molecule has 1 aromatic rings. The van der Waals surface area contributed by atoms with Gasteiger partial charge in [0.05, 0.1) is 11.8 Å². The quantitative estimate of drug-likeness (QED) is 0.576. The minimum absolute atomic E-state index is 0.156. The Morgan fingerprint density at radius 3 is 2.50 bits per heavy atom. The van der Waals surface area contributed by atoms with Crippen molar-refractivity contribution in [1.82, 2.24) is 4.98 Å². The van der Waals surface area contributed by atoms with Gasteiger partial charge in [-0.3, -0.25) is 0 Å². The van der Waals surface area contributed by atoms with Crippen LogP contribution in [-0.2, 0) is 0 Å². The van der Waals surface area contributed by atoms with E-state index in [1.807, 2.05) is 26.0 Å². The number of nitrogens with one attached hydrogen (secondary N) is 1. The Hall–Kier alpha value is -1.25. The summed E-state index contributed by atoms with van der Waals surface area (Å²) in [5.74, 6) is 0.713. The van der Waals surface area contributed by atoms with Crippen molar-refractivity contribution in [3.8, 4) is 5.88 Å². The van der Waals surface area contributed by atoms with Crippen LogP contribution in [0.1, 0.15) is 65.7 Å². The van der Waals surface area contributed by atoms with Gasteiger partial charge in [0.2, 0.25) is 5.88 Å². The summed E-state index contributed by atoms with van der Waals surface area (Å²) in [5.41, 5.74) is 1.01. The van der Waals surface area contributed by atoms with Crippen LogP contribution in [0.5, 0.6) is 5.88 Å². The summed E-state index contributed by atoms with van der Waals surface area (Å²) in [4.78, 5) is 4.28. The van der Waals surface area contributed by atoms with E-state index in [9.17, 15) is 0 Å². The molecule has 0 bridgehead atoms. The van der Waals surface area contributed by atoms with E-state index in [2.05, 4.69) is 17.2 Å². The Balaban J connectivity index is 2.18. The Kier molecular flexibility index (Phi) is 8.84. The molecule has 0 saturated heterocycles. The molecular weight excluding hydrogens is 248 g/mol. The third kappa shape index (κ3) is 7.37. The van der Waals surface area contributed by atoms with Gasteiger partial charge in [-0.25, -0.2) is 4.98 Å². The standard InChI is InChI=1S/C17H30N2O/c1-4-5-6-7-8-9-10-13-18-16-12-11-14-19-17(16)20-15(2)3/h11-12,14-15,18H,4-10,13H2,1-3H3. The van der Waals surface area contributed by atoms with Crippen LogP contribution in [0.3, 0.4) is 0 Å². The van der Waals surface area contributed by atoms with Gasteiger partial charge in [-0.05, 0) is 32.4 Å². The van der Waals surface area contributed by atoms with Crippen molar-refractivity contribution in [3.05, 3.63) is 18.3 Å². The topological polar surface area (TPSA) is 34.2 Å². The van der Waals surface area contributed by atoms with Gasteiger partial charge in [0, 0.05) is 12.7 Å². The summed E-state index contributed by atoms with van der Waals surface area (Å²) in [6, 6.07) is 3.98. The predicted molar refractivity (Wildman–Crippen MR) is 86.5 cm³/mol. The molecule has 1 aromatic heterocycles. The second kappa shape index (κ2) is 10.5. The molecule has 0 aliphatic heterocycles. The van der Waals surface area contributed by atoms with E-state index in [1.54, 1.807) is 6.20 Å². The van der Waals surface area contributed by atoms with Crippen LogP contribution in [-0.4, -0.2) is 17.6 Å². The van der Waals surface area contributed by atoms with Crippen LogP contribution in [0.2, 0.25) is 0 Å². The number of aromatic nitrogens is 1. The fourth-order valence-electron chi connectivity index (χ4n) is 2.15. The number of rotatable bonds is 11. The van der Waals surface area contributed by atoms with Gasteiger partial charge in [-0.15, -0.1) is 0 Å². The summed E-state index contributed by atoms with van der Waals surface area (Å²) in [7, 11) is 0. The fourth-order valence-corrected chi connectivity index (χ4v) is 2.15. The number of ether oxygens (including phenoxy) is 1. The maximum Gasteiger partial charge on any atom is 0.237 e. The molecule has 0 atom stereocenters. The molecule has 0 amide bonds. The highest BCUT2D eigenvalue weighted by Gasteiger charge is 2.05. The predicted octanol–water partition coefficient (Wildman–Crippen LogP) is 5.03. The molecular formula is C17H30N2O. The lowest BCUT2D eigenvalue weighted by Crippen LogP contribution is -2.10. The van der Waals surface area contributed by atoms with Gasteiger partial charge < -0.3 is 10.1 Å². The molecule has 1 rings (SSSR count). The lowest BCUT2D eigenvalue weighted by molar-refractivity contribution is 0.234. The van der Waals surface area contributed by atoms with Gasteiger partial charge in [0.1, 0.15) is 0 Å². The molecule has 20 heavy (non-hydrogen) atoms. The Morgan fingerprint density at radius 2 is 1.80 bits per heavy atom. The summed E-state index contributed by atoms with van der Waals surface area (Å²) >= 11 is 0. The Bertz CT molecular complexity index is 353. The van der Waals surface area contributed by atoms with E-state index in [0.29, 0.717) is 5.88 Å².